The number of hydrogen-bond donors (Lipinski definition) is 1. The average Bonchev–Trinajstić information content (AvgIpc) is 2.93. The lowest BCUT2D eigenvalue weighted by Crippen LogP contribution is -2.11. The Morgan fingerprint density at radius 3 is 2.74 bits per heavy atom. The lowest BCUT2D eigenvalue weighted by Gasteiger charge is -1.99. The van der Waals surface area contributed by atoms with Gasteiger partial charge in [0.15, 0.2) is 5.76 Å². The highest BCUT2D eigenvalue weighted by Crippen LogP contribution is 2.24. The Kier molecular flexibility index (Phi) is 3.29. The summed E-state index contributed by atoms with van der Waals surface area (Å²) < 4.78 is 5.41. The highest BCUT2D eigenvalue weighted by Gasteiger charge is 2.06. The Bertz CT molecular complexity index is 688. The molecule has 3 heteroatoms. The first kappa shape index (κ1) is 11.9. The second-order valence-corrected chi connectivity index (χ2v) is 4.52. The topological polar surface area (TPSA) is 38.1 Å². The second kappa shape index (κ2) is 5.24. The van der Waals surface area contributed by atoms with Crippen LogP contribution in [0.4, 0.5) is 0 Å². The predicted octanol–water partition coefficient (Wildman–Crippen LogP) is 3.60. The van der Waals surface area contributed by atoms with E-state index in [1.54, 1.807) is 0 Å². The van der Waals surface area contributed by atoms with Crippen LogP contribution in [-0.4, -0.2) is 11.7 Å². The van der Waals surface area contributed by atoms with Crippen molar-refractivity contribution in [2.45, 2.75) is 13.5 Å². The van der Waals surface area contributed by atoms with Crippen LogP contribution in [-0.2, 0) is 6.54 Å². The van der Waals surface area contributed by atoms with Crippen molar-refractivity contribution in [2.24, 2.45) is 0 Å². The minimum Gasteiger partial charge on any atom is -0.356 e. The molecule has 3 nitrogen and oxygen atoms in total. The molecule has 0 radical (unpaired) electrons. The molecule has 0 aliphatic rings. The van der Waals surface area contributed by atoms with Gasteiger partial charge in [-0.15, -0.1) is 0 Å². The molecule has 0 amide bonds. The number of benzene rings is 2. The summed E-state index contributed by atoms with van der Waals surface area (Å²) >= 11 is 0. The fourth-order valence-corrected chi connectivity index (χ4v) is 2.13. The highest BCUT2D eigenvalue weighted by atomic mass is 16.5. The number of hydrogen-bond acceptors (Lipinski definition) is 3. The van der Waals surface area contributed by atoms with Gasteiger partial charge in [-0.25, -0.2) is 0 Å². The first-order valence-electron chi connectivity index (χ1n) is 6.52. The third-order valence-corrected chi connectivity index (χ3v) is 3.15. The molecule has 0 unspecified atom stereocenters. The van der Waals surface area contributed by atoms with E-state index in [1.165, 1.54) is 10.8 Å². The number of nitrogens with zero attached hydrogens (tertiary/aromatic N) is 1. The van der Waals surface area contributed by atoms with Gasteiger partial charge in [0.2, 0.25) is 0 Å². The van der Waals surface area contributed by atoms with Crippen molar-refractivity contribution < 1.29 is 4.52 Å². The molecule has 0 atom stereocenters. The summed E-state index contributed by atoms with van der Waals surface area (Å²) in [5.74, 6) is 0.818. The van der Waals surface area contributed by atoms with Gasteiger partial charge in [-0.2, -0.15) is 0 Å². The molecule has 96 valence electrons. The zero-order valence-corrected chi connectivity index (χ0v) is 10.9. The summed E-state index contributed by atoms with van der Waals surface area (Å²) in [6, 6.07) is 16.6. The van der Waals surface area contributed by atoms with Crippen LogP contribution in [0.15, 0.2) is 53.1 Å². The van der Waals surface area contributed by atoms with E-state index in [4.69, 9.17) is 4.52 Å². The van der Waals surface area contributed by atoms with E-state index in [1.807, 2.05) is 18.2 Å². The van der Waals surface area contributed by atoms with Crippen molar-refractivity contribution >= 4 is 10.8 Å². The van der Waals surface area contributed by atoms with Gasteiger partial charge < -0.3 is 9.84 Å². The number of fused-ring (bicyclic) bond motifs is 1. The van der Waals surface area contributed by atoms with Crippen molar-refractivity contribution in [1.82, 2.24) is 10.5 Å². The molecule has 2 aromatic carbocycles. The fraction of sp³-hybridized carbons (Fsp3) is 0.188. The zero-order valence-electron chi connectivity index (χ0n) is 10.9. The molecule has 0 aliphatic carbocycles. The van der Waals surface area contributed by atoms with Crippen LogP contribution in [0.1, 0.15) is 12.6 Å². The van der Waals surface area contributed by atoms with Crippen molar-refractivity contribution in [1.29, 1.82) is 0 Å². The first-order valence-corrected chi connectivity index (χ1v) is 6.52. The highest BCUT2D eigenvalue weighted by molar-refractivity contribution is 5.86. The molecule has 0 fully saturated rings. The predicted molar refractivity (Wildman–Crippen MR) is 76.8 cm³/mol. The van der Waals surface area contributed by atoms with E-state index >= 15 is 0 Å². The molecular weight excluding hydrogens is 236 g/mol. The van der Waals surface area contributed by atoms with E-state index < -0.39 is 0 Å². The van der Waals surface area contributed by atoms with Crippen LogP contribution in [0.2, 0.25) is 0 Å². The van der Waals surface area contributed by atoms with Gasteiger partial charge in [0.1, 0.15) is 0 Å². The largest absolute Gasteiger partial charge is 0.356 e. The van der Waals surface area contributed by atoms with E-state index in [9.17, 15) is 0 Å². The smallest absolute Gasteiger partial charge is 0.167 e. The van der Waals surface area contributed by atoms with Gasteiger partial charge in [-0.05, 0) is 23.4 Å². The molecule has 0 saturated carbocycles. The Morgan fingerprint density at radius 2 is 1.89 bits per heavy atom. The molecule has 1 N–H and O–H groups in total. The molecular formula is C16H16N2O. The van der Waals surface area contributed by atoms with Crippen LogP contribution in [0.5, 0.6) is 0 Å². The van der Waals surface area contributed by atoms with E-state index in [2.05, 4.69) is 47.7 Å². The third kappa shape index (κ3) is 2.51. The number of rotatable bonds is 4. The maximum Gasteiger partial charge on any atom is 0.167 e. The van der Waals surface area contributed by atoms with Gasteiger partial charge >= 0.3 is 0 Å². The zero-order chi connectivity index (χ0) is 13.1. The molecule has 0 aliphatic heterocycles. The van der Waals surface area contributed by atoms with Gasteiger partial charge in [0.05, 0.1) is 5.69 Å². The van der Waals surface area contributed by atoms with Gasteiger partial charge in [0.25, 0.3) is 0 Å². The molecule has 0 spiro atoms. The van der Waals surface area contributed by atoms with Gasteiger partial charge in [-0.1, -0.05) is 48.5 Å². The summed E-state index contributed by atoms with van der Waals surface area (Å²) in [6.45, 7) is 3.75. The van der Waals surface area contributed by atoms with Crippen molar-refractivity contribution in [3.8, 4) is 11.3 Å². The number of nitrogens with one attached hydrogen (secondary N) is 1. The summed E-state index contributed by atoms with van der Waals surface area (Å²) in [5.41, 5.74) is 2.00. The van der Waals surface area contributed by atoms with Gasteiger partial charge in [0, 0.05) is 18.2 Å². The Labute approximate surface area is 112 Å². The quantitative estimate of drug-likeness (QED) is 0.771. The Hall–Kier alpha value is -2.13. The van der Waals surface area contributed by atoms with E-state index in [0.717, 1.165) is 30.1 Å². The molecule has 3 aromatic rings. The minimum absolute atomic E-state index is 0.744. The molecule has 1 aromatic heterocycles. The SMILES string of the molecule is CCNCc1cc(-c2ccc3ccccc3c2)on1. The maximum atomic E-state index is 5.41. The lowest BCUT2D eigenvalue weighted by atomic mass is 10.1. The second-order valence-electron chi connectivity index (χ2n) is 4.52. The molecule has 0 saturated heterocycles. The van der Waals surface area contributed by atoms with E-state index in [-0.39, 0.29) is 0 Å². The van der Waals surface area contributed by atoms with Crippen LogP contribution in [0.3, 0.4) is 0 Å². The van der Waals surface area contributed by atoms with Crippen molar-refractivity contribution in [3.05, 3.63) is 54.2 Å². The minimum atomic E-state index is 0.744. The standard InChI is InChI=1S/C16H16N2O/c1-2-17-11-15-10-16(19-18-15)14-8-7-12-5-3-4-6-13(12)9-14/h3-10,17H,2,11H2,1H3. The van der Waals surface area contributed by atoms with Crippen molar-refractivity contribution in [2.75, 3.05) is 6.54 Å². The summed E-state index contributed by atoms with van der Waals surface area (Å²) in [6.07, 6.45) is 0. The van der Waals surface area contributed by atoms with Crippen LogP contribution in [0, 0.1) is 0 Å². The van der Waals surface area contributed by atoms with Gasteiger partial charge in [-0.3, -0.25) is 0 Å². The normalized spacial score (nSPS) is 11.0. The summed E-state index contributed by atoms with van der Waals surface area (Å²) in [5, 5.41) is 9.76. The van der Waals surface area contributed by atoms with E-state index in [0.29, 0.717) is 0 Å². The summed E-state index contributed by atoms with van der Waals surface area (Å²) in [7, 11) is 0. The van der Waals surface area contributed by atoms with Crippen LogP contribution in [0.25, 0.3) is 22.1 Å². The monoisotopic (exact) mass is 252 g/mol. The molecule has 1 heterocycles. The number of aromatic nitrogens is 1. The fourth-order valence-electron chi connectivity index (χ4n) is 2.13. The lowest BCUT2D eigenvalue weighted by molar-refractivity contribution is 0.420. The maximum absolute atomic E-state index is 5.41. The molecule has 0 bridgehead atoms. The third-order valence-electron chi connectivity index (χ3n) is 3.15. The summed E-state index contributed by atoms with van der Waals surface area (Å²) in [4.78, 5) is 0. The first-order chi connectivity index (χ1) is 9.36. The average molecular weight is 252 g/mol. The Morgan fingerprint density at radius 1 is 1.05 bits per heavy atom. The molecule has 3 rings (SSSR count). The van der Waals surface area contributed by atoms with Crippen LogP contribution < -0.4 is 5.32 Å². The molecule has 19 heavy (non-hydrogen) atoms. The van der Waals surface area contributed by atoms with Crippen LogP contribution >= 0.6 is 0 Å². The Balaban J connectivity index is 1.92. The van der Waals surface area contributed by atoms with Crippen molar-refractivity contribution in [3.63, 3.8) is 0 Å².